The van der Waals surface area contributed by atoms with Gasteiger partial charge >= 0.3 is 5.91 Å². The van der Waals surface area contributed by atoms with Crippen LogP contribution in [0.2, 0.25) is 0 Å². The van der Waals surface area contributed by atoms with Crippen LogP contribution in [0.3, 0.4) is 0 Å². The Bertz CT molecular complexity index is 290. The number of imidazole rings is 1. The topological polar surface area (TPSA) is 85.7 Å². The molecule has 0 radical (unpaired) electrons. The Kier molecular flexibility index (Phi) is 2.96. The Morgan fingerprint density at radius 2 is 2.46 bits per heavy atom. The van der Waals surface area contributed by atoms with Gasteiger partial charge in [0, 0.05) is 26.5 Å². The smallest absolute Gasteiger partial charge is 0.308 e. The summed E-state index contributed by atoms with van der Waals surface area (Å²) in [6, 6.07) is 0. The van der Waals surface area contributed by atoms with Crippen LogP contribution in [0.15, 0.2) is 22.8 Å². The zero-order chi connectivity index (χ0) is 9.68. The van der Waals surface area contributed by atoms with Crippen molar-refractivity contribution in [2.45, 2.75) is 0 Å². The van der Waals surface area contributed by atoms with Gasteiger partial charge < -0.3 is 4.98 Å². The maximum atomic E-state index is 11.1. The third-order valence-electron chi connectivity index (χ3n) is 1.09. The molecule has 0 bridgehead atoms. The van der Waals surface area contributed by atoms with E-state index >= 15 is 0 Å². The Hall–Kier alpha value is -1.92. The minimum Gasteiger partial charge on any atom is -0.340 e. The van der Waals surface area contributed by atoms with Crippen molar-refractivity contribution in [3.05, 3.63) is 18.2 Å². The predicted molar refractivity (Wildman–Crippen MR) is 44.6 cm³/mol. The van der Waals surface area contributed by atoms with E-state index in [0.717, 1.165) is 0 Å². The van der Waals surface area contributed by atoms with Crippen LogP contribution < -0.4 is 5.43 Å². The van der Waals surface area contributed by atoms with E-state index in [1.165, 1.54) is 11.2 Å². The molecule has 13 heavy (non-hydrogen) atoms. The van der Waals surface area contributed by atoms with Gasteiger partial charge in [0.2, 0.25) is 0 Å². The molecule has 1 amide bonds. The summed E-state index contributed by atoms with van der Waals surface area (Å²) < 4.78 is 0. The third kappa shape index (κ3) is 2.89. The molecule has 1 heterocycles. The summed E-state index contributed by atoms with van der Waals surface area (Å²) >= 11 is 0. The second-order valence-corrected chi connectivity index (χ2v) is 2.42. The molecule has 2 N–H and O–H groups in total. The van der Waals surface area contributed by atoms with Crippen LogP contribution in [-0.4, -0.2) is 35.0 Å². The molecule has 1 aromatic heterocycles. The molecule has 0 aromatic carbocycles. The first-order chi connectivity index (χ1) is 6.20. The van der Waals surface area contributed by atoms with Crippen LogP contribution in [-0.2, 0) is 0 Å². The van der Waals surface area contributed by atoms with Crippen molar-refractivity contribution in [1.82, 2.24) is 20.4 Å². The van der Waals surface area contributed by atoms with Crippen molar-refractivity contribution in [2.75, 3.05) is 14.1 Å². The zero-order valence-electron chi connectivity index (χ0n) is 7.35. The van der Waals surface area contributed by atoms with Crippen LogP contribution in [0, 0.1) is 0 Å². The third-order valence-corrected chi connectivity index (χ3v) is 1.09. The fourth-order valence-corrected chi connectivity index (χ4v) is 0.600. The maximum Gasteiger partial charge on any atom is 0.308 e. The number of aromatic amines is 1. The molecule has 7 nitrogen and oxygen atoms in total. The normalized spacial score (nSPS) is 10.3. The number of hydrogen-bond donors (Lipinski definition) is 2. The van der Waals surface area contributed by atoms with Crippen LogP contribution in [0.5, 0.6) is 0 Å². The molecule has 0 atom stereocenters. The van der Waals surface area contributed by atoms with E-state index in [0.29, 0.717) is 0 Å². The zero-order valence-corrected chi connectivity index (χ0v) is 7.35. The second kappa shape index (κ2) is 4.19. The number of aromatic nitrogens is 2. The molecule has 0 unspecified atom stereocenters. The standard InChI is InChI=1S/C6H10N6O/c1-12(2)11-10-9-6(13)5-7-3-4-8-5/h3-4H,1-2H3,(H,7,8)(H,9,11,13). The second-order valence-electron chi connectivity index (χ2n) is 2.42. The molecule has 1 rings (SSSR count). The highest BCUT2D eigenvalue weighted by Gasteiger charge is 2.05. The van der Waals surface area contributed by atoms with E-state index in [2.05, 4.69) is 25.8 Å². The first-order valence-corrected chi connectivity index (χ1v) is 3.58. The lowest BCUT2D eigenvalue weighted by molar-refractivity contribution is 0.0938. The van der Waals surface area contributed by atoms with Crippen molar-refractivity contribution in [2.24, 2.45) is 10.4 Å². The lowest BCUT2D eigenvalue weighted by Crippen LogP contribution is -2.19. The average molecular weight is 182 g/mol. The number of carbonyl (C=O) groups is 1. The van der Waals surface area contributed by atoms with Gasteiger partial charge in [-0.15, -0.1) is 0 Å². The van der Waals surface area contributed by atoms with Gasteiger partial charge in [-0.05, 0) is 5.22 Å². The molecule has 70 valence electrons. The number of rotatable bonds is 3. The van der Waals surface area contributed by atoms with E-state index in [1.807, 2.05) is 0 Å². The van der Waals surface area contributed by atoms with Gasteiger partial charge in [0.1, 0.15) is 0 Å². The number of hydrogen-bond acceptors (Lipinski definition) is 4. The van der Waals surface area contributed by atoms with E-state index in [4.69, 9.17) is 0 Å². The number of nitrogens with zero attached hydrogens (tertiary/aromatic N) is 4. The Morgan fingerprint density at radius 1 is 1.69 bits per heavy atom. The van der Waals surface area contributed by atoms with Gasteiger partial charge in [-0.25, -0.2) is 10.4 Å². The Morgan fingerprint density at radius 3 is 3.00 bits per heavy atom. The van der Waals surface area contributed by atoms with Gasteiger partial charge in [-0.2, -0.15) is 0 Å². The summed E-state index contributed by atoms with van der Waals surface area (Å²) in [6.07, 6.45) is 3.04. The van der Waals surface area contributed by atoms with Gasteiger partial charge in [0.05, 0.1) is 0 Å². The Labute approximate surface area is 74.8 Å². The van der Waals surface area contributed by atoms with Gasteiger partial charge in [0.25, 0.3) is 0 Å². The van der Waals surface area contributed by atoms with E-state index < -0.39 is 5.91 Å². The largest absolute Gasteiger partial charge is 0.340 e. The molecule has 0 aliphatic carbocycles. The van der Waals surface area contributed by atoms with E-state index in [1.54, 1.807) is 20.3 Å². The van der Waals surface area contributed by atoms with E-state index in [-0.39, 0.29) is 5.82 Å². The molecular weight excluding hydrogens is 172 g/mol. The Balaban J connectivity index is 2.43. The highest BCUT2D eigenvalue weighted by atomic mass is 16.2. The number of amides is 1. The lowest BCUT2D eigenvalue weighted by Gasteiger charge is -1.99. The molecule has 0 aliphatic rings. The first kappa shape index (κ1) is 9.17. The number of H-pyrrole nitrogens is 1. The quantitative estimate of drug-likeness (QED) is 0.509. The lowest BCUT2D eigenvalue weighted by atomic mass is 10.6. The number of nitrogens with one attached hydrogen (secondary N) is 2. The molecule has 7 heteroatoms. The molecule has 1 aromatic rings. The fraction of sp³-hybridized carbons (Fsp3) is 0.333. The summed E-state index contributed by atoms with van der Waals surface area (Å²) in [5.41, 5.74) is 2.20. The van der Waals surface area contributed by atoms with Crippen LogP contribution in [0.4, 0.5) is 0 Å². The van der Waals surface area contributed by atoms with Gasteiger partial charge in [-0.3, -0.25) is 9.80 Å². The summed E-state index contributed by atoms with van der Waals surface area (Å²) in [6.45, 7) is 0. The van der Waals surface area contributed by atoms with Crippen molar-refractivity contribution >= 4 is 5.91 Å². The summed E-state index contributed by atoms with van der Waals surface area (Å²) in [5.74, 6) is -0.215. The average Bonchev–Trinajstić information content (AvgIpc) is 2.55. The van der Waals surface area contributed by atoms with Crippen molar-refractivity contribution in [3.8, 4) is 0 Å². The van der Waals surface area contributed by atoms with Crippen molar-refractivity contribution in [1.29, 1.82) is 0 Å². The highest BCUT2D eigenvalue weighted by molar-refractivity contribution is 5.89. The SMILES string of the molecule is CN(C)N=NNC(=O)c1ncc[nH]1. The van der Waals surface area contributed by atoms with Crippen LogP contribution in [0.25, 0.3) is 0 Å². The summed E-state index contributed by atoms with van der Waals surface area (Å²) in [5, 5.41) is 8.44. The molecule has 0 saturated carbocycles. The maximum absolute atomic E-state index is 11.1. The predicted octanol–water partition coefficient (Wildman–Crippen LogP) is -0.0167. The minimum atomic E-state index is -0.421. The van der Waals surface area contributed by atoms with Crippen LogP contribution in [0.1, 0.15) is 10.6 Å². The molecule has 0 spiro atoms. The summed E-state index contributed by atoms with van der Waals surface area (Å²) in [7, 11) is 3.39. The monoisotopic (exact) mass is 182 g/mol. The van der Waals surface area contributed by atoms with Gasteiger partial charge in [-0.1, -0.05) is 5.22 Å². The van der Waals surface area contributed by atoms with Crippen LogP contribution >= 0.6 is 0 Å². The molecule has 0 aliphatic heterocycles. The van der Waals surface area contributed by atoms with E-state index in [9.17, 15) is 4.79 Å². The molecular formula is C6H10N6O. The fourth-order valence-electron chi connectivity index (χ4n) is 0.600. The highest BCUT2D eigenvalue weighted by Crippen LogP contribution is 1.87. The number of carbonyl (C=O) groups excluding carboxylic acids is 1. The van der Waals surface area contributed by atoms with Crippen molar-refractivity contribution in [3.63, 3.8) is 0 Å². The first-order valence-electron chi connectivity index (χ1n) is 3.58. The minimum absolute atomic E-state index is 0.206. The summed E-state index contributed by atoms with van der Waals surface area (Å²) in [4.78, 5) is 17.5. The molecule has 0 saturated heterocycles. The molecule has 0 fully saturated rings. The van der Waals surface area contributed by atoms with Gasteiger partial charge in [0.15, 0.2) is 5.82 Å². The van der Waals surface area contributed by atoms with Crippen molar-refractivity contribution < 1.29 is 4.79 Å².